The van der Waals surface area contributed by atoms with Crippen LogP contribution in [0.4, 0.5) is 8.78 Å². The van der Waals surface area contributed by atoms with E-state index >= 15 is 0 Å². The van der Waals surface area contributed by atoms with Crippen molar-refractivity contribution in [2.24, 2.45) is 0 Å². The van der Waals surface area contributed by atoms with Gasteiger partial charge in [-0.15, -0.1) is 0 Å². The van der Waals surface area contributed by atoms with Gasteiger partial charge in [0.1, 0.15) is 11.6 Å². The highest BCUT2D eigenvalue weighted by Gasteiger charge is 2.11. The van der Waals surface area contributed by atoms with Crippen LogP contribution in [0.15, 0.2) is 18.2 Å². The predicted molar refractivity (Wildman–Crippen MR) is 58.8 cm³/mol. The van der Waals surface area contributed by atoms with Crippen LogP contribution in [0.3, 0.4) is 0 Å². The van der Waals surface area contributed by atoms with Gasteiger partial charge < -0.3 is 5.11 Å². The molecule has 0 aromatic heterocycles. The van der Waals surface area contributed by atoms with Gasteiger partial charge in [0.2, 0.25) is 0 Å². The number of halogens is 2. The van der Waals surface area contributed by atoms with E-state index in [1.807, 2.05) is 6.92 Å². The number of hydrogen-bond donors (Lipinski definition) is 1. The Morgan fingerprint density at radius 3 is 2.53 bits per heavy atom. The van der Waals surface area contributed by atoms with Crippen LogP contribution in [0.1, 0.15) is 19.4 Å². The second-order valence-corrected chi connectivity index (χ2v) is 4.86. The van der Waals surface area contributed by atoms with E-state index in [0.717, 1.165) is 6.07 Å². The molecule has 0 heterocycles. The highest BCUT2D eigenvalue weighted by Crippen LogP contribution is 2.22. The fraction of sp³-hybridized carbons (Fsp3) is 0.455. The van der Waals surface area contributed by atoms with Gasteiger partial charge in [-0.25, -0.2) is 8.78 Å². The van der Waals surface area contributed by atoms with E-state index in [1.165, 1.54) is 23.9 Å². The molecule has 1 aromatic rings. The molecule has 2 atom stereocenters. The Bertz CT molecular complexity index is 328. The number of hydrogen-bond acceptors (Lipinski definition) is 2. The van der Waals surface area contributed by atoms with Crippen molar-refractivity contribution in [3.05, 3.63) is 35.4 Å². The molecule has 0 aliphatic carbocycles. The first kappa shape index (κ1) is 12.5. The maximum absolute atomic E-state index is 13.2. The quantitative estimate of drug-likeness (QED) is 0.861. The fourth-order valence-electron chi connectivity index (χ4n) is 0.999. The third-order valence-corrected chi connectivity index (χ3v) is 3.59. The van der Waals surface area contributed by atoms with Crippen molar-refractivity contribution in [1.82, 2.24) is 0 Å². The molecule has 0 radical (unpaired) electrons. The Kier molecular flexibility index (Phi) is 4.54. The topological polar surface area (TPSA) is 20.2 Å². The van der Waals surface area contributed by atoms with Crippen LogP contribution in [0, 0.1) is 11.6 Å². The first-order valence-corrected chi connectivity index (χ1v) is 5.79. The van der Waals surface area contributed by atoms with Gasteiger partial charge in [0, 0.05) is 17.1 Å². The van der Waals surface area contributed by atoms with Crippen molar-refractivity contribution in [3.63, 3.8) is 0 Å². The summed E-state index contributed by atoms with van der Waals surface area (Å²) >= 11 is 1.45. The summed E-state index contributed by atoms with van der Waals surface area (Å²) in [4.78, 5) is 0. The molecule has 84 valence electrons. The van der Waals surface area contributed by atoms with Gasteiger partial charge in [-0.05, 0) is 18.6 Å². The van der Waals surface area contributed by atoms with E-state index in [9.17, 15) is 13.9 Å². The third-order valence-electron chi connectivity index (χ3n) is 2.20. The lowest BCUT2D eigenvalue weighted by Crippen LogP contribution is -2.15. The van der Waals surface area contributed by atoms with Crippen LogP contribution >= 0.6 is 11.8 Å². The second kappa shape index (κ2) is 5.47. The summed E-state index contributed by atoms with van der Waals surface area (Å²) in [5.41, 5.74) is 0.467. The molecule has 0 fully saturated rings. The normalized spacial score (nSPS) is 15.0. The zero-order valence-corrected chi connectivity index (χ0v) is 9.52. The minimum absolute atomic E-state index is 0.0365. The van der Waals surface area contributed by atoms with Gasteiger partial charge in [-0.2, -0.15) is 11.8 Å². The highest BCUT2D eigenvalue weighted by atomic mass is 32.2. The van der Waals surface area contributed by atoms with Gasteiger partial charge in [0.05, 0.1) is 6.10 Å². The van der Waals surface area contributed by atoms with Gasteiger partial charge >= 0.3 is 0 Å². The lowest BCUT2D eigenvalue weighted by Gasteiger charge is -2.14. The largest absolute Gasteiger partial charge is 0.392 e. The Balaban J connectivity index is 2.58. The average molecular weight is 232 g/mol. The van der Waals surface area contributed by atoms with Gasteiger partial charge in [-0.3, -0.25) is 0 Å². The van der Waals surface area contributed by atoms with Crippen LogP contribution in [-0.2, 0) is 5.75 Å². The number of rotatable bonds is 4. The van der Waals surface area contributed by atoms with Crippen LogP contribution in [0.5, 0.6) is 0 Å². The molecular formula is C11H14F2OS. The summed E-state index contributed by atoms with van der Waals surface area (Å²) in [5, 5.41) is 9.27. The standard InChI is InChI=1S/C11H14F2OS/c1-7(14)8(2)15-6-9-3-4-10(12)5-11(9)13/h3-5,7-8,14H,6H2,1-2H3. The second-order valence-electron chi connectivity index (χ2n) is 3.49. The van der Waals surface area contributed by atoms with Crippen LogP contribution in [0.25, 0.3) is 0 Å². The molecule has 0 bridgehead atoms. The van der Waals surface area contributed by atoms with Crippen molar-refractivity contribution in [2.75, 3.05) is 0 Å². The molecule has 1 nitrogen and oxygen atoms in total. The summed E-state index contributed by atoms with van der Waals surface area (Å²) in [7, 11) is 0. The van der Waals surface area contributed by atoms with Crippen molar-refractivity contribution in [2.45, 2.75) is 31.0 Å². The summed E-state index contributed by atoms with van der Waals surface area (Å²) in [6, 6.07) is 3.56. The summed E-state index contributed by atoms with van der Waals surface area (Å²) in [5.74, 6) is -0.650. The lowest BCUT2D eigenvalue weighted by molar-refractivity contribution is 0.196. The third kappa shape index (κ3) is 3.80. The Morgan fingerprint density at radius 2 is 2.00 bits per heavy atom. The summed E-state index contributed by atoms with van der Waals surface area (Å²) in [6.45, 7) is 3.56. The first-order valence-electron chi connectivity index (χ1n) is 4.74. The van der Waals surface area contributed by atoms with Gasteiger partial charge in [0.15, 0.2) is 0 Å². The molecule has 1 N–H and O–H groups in total. The smallest absolute Gasteiger partial charge is 0.130 e. The molecule has 2 unspecified atom stereocenters. The van der Waals surface area contributed by atoms with E-state index in [4.69, 9.17) is 0 Å². The van der Waals surface area contributed by atoms with E-state index in [0.29, 0.717) is 11.3 Å². The monoisotopic (exact) mass is 232 g/mol. The van der Waals surface area contributed by atoms with Gasteiger partial charge in [-0.1, -0.05) is 13.0 Å². The molecule has 0 spiro atoms. The van der Waals surface area contributed by atoms with Crippen molar-refractivity contribution in [3.8, 4) is 0 Å². The SMILES string of the molecule is CC(O)C(C)SCc1ccc(F)cc1F. The fourth-order valence-corrected chi connectivity index (χ4v) is 1.95. The lowest BCUT2D eigenvalue weighted by atomic mass is 10.2. The minimum atomic E-state index is -0.565. The molecular weight excluding hydrogens is 218 g/mol. The Labute approximate surface area is 92.5 Å². The molecule has 1 aromatic carbocycles. The molecule has 0 saturated heterocycles. The first-order chi connectivity index (χ1) is 7.00. The van der Waals surface area contributed by atoms with Crippen molar-refractivity contribution >= 4 is 11.8 Å². The molecule has 15 heavy (non-hydrogen) atoms. The van der Waals surface area contributed by atoms with Crippen molar-refractivity contribution < 1.29 is 13.9 Å². The van der Waals surface area contributed by atoms with E-state index in [-0.39, 0.29) is 5.25 Å². The van der Waals surface area contributed by atoms with Crippen LogP contribution in [-0.4, -0.2) is 16.5 Å². The average Bonchev–Trinajstić information content (AvgIpc) is 2.15. The molecule has 0 aliphatic heterocycles. The van der Waals surface area contributed by atoms with E-state index < -0.39 is 17.7 Å². The van der Waals surface area contributed by atoms with Gasteiger partial charge in [0.25, 0.3) is 0 Å². The molecule has 1 rings (SSSR count). The maximum Gasteiger partial charge on any atom is 0.130 e. The zero-order valence-electron chi connectivity index (χ0n) is 8.71. The highest BCUT2D eigenvalue weighted by molar-refractivity contribution is 7.99. The minimum Gasteiger partial charge on any atom is -0.392 e. The summed E-state index contributed by atoms with van der Waals surface area (Å²) < 4.78 is 25.8. The van der Waals surface area contributed by atoms with Crippen LogP contribution < -0.4 is 0 Å². The summed E-state index contributed by atoms with van der Waals surface area (Å²) in [6.07, 6.45) is -0.432. The molecule has 4 heteroatoms. The number of thioether (sulfide) groups is 1. The molecule has 0 amide bonds. The maximum atomic E-state index is 13.2. The molecule has 0 saturated carbocycles. The number of aliphatic hydroxyl groups is 1. The van der Waals surface area contributed by atoms with Crippen molar-refractivity contribution in [1.29, 1.82) is 0 Å². The van der Waals surface area contributed by atoms with E-state index in [1.54, 1.807) is 6.92 Å². The predicted octanol–water partition coefficient (Wildman–Crippen LogP) is 2.97. The Morgan fingerprint density at radius 1 is 1.33 bits per heavy atom. The van der Waals surface area contributed by atoms with Crippen LogP contribution in [0.2, 0.25) is 0 Å². The zero-order chi connectivity index (χ0) is 11.4. The van der Waals surface area contributed by atoms with E-state index in [2.05, 4.69) is 0 Å². The number of aliphatic hydroxyl groups excluding tert-OH is 1. The molecule has 0 aliphatic rings. The Hall–Kier alpha value is -0.610. The number of benzene rings is 1.